The first kappa shape index (κ1) is 8.33. The Bertz CT molecular complexity index is 303. The second-order valence-corrected chi connectivity index (χ2v) is 5.09. The van der Waals surface area contributed by atoms with Crippen molar-refractivity contribution in [3.05, 3.63) is 30.3 Å². The molecule has 0 aliphatic rings. The molecule has 0 aliphatic carbocycles. The van der Waals surface area contributed by atoms with Gasteiger partial charge in [-0.15, -0.1) is 7.77 Å². The van der Waals surface area contributed by atoms with E-state index in [1.165, 1.54) is 12.1 Å². The van der Waals surface area contributed by atoms with Gasteiger partial charge in [0.25, 0.3) is 0 Å². The maximum atomic E-state index is 12.7. The Morgan fingerprint density at radius 2 is 1.64 bits per heavy atom. The Morgan fingerprint density at radius 1 is 1.18 bits per heavy atom. The van der Waals surface area contributed by atoms with Crippen molar-refractivity contribution in [2.24, 2.45) is 0 Å². The quantitative estimate of drug-likeness (QED) is 0.603. The molecule has 0 radical (unpaired) electrons. The molecule has 0 atom stereocenters. The molecule has 11 heavy (non-hydrogen) atoms. The summed E-state index contributed by atoms with van der Waals surface area (Å²) in [6, 6.07) is 6.79. The first-order valence-electron chi connectivity index (χ1n) is 3.00. The lowest BCUT2D eigenvalue weighted by Gasteiger charge is -2.18. The lowest BCUT2D eigenvalue weighted by molar-refractivity contribution is 0.549. The van der Waals surface area contributed by atoms with Crippen molar-refractivity contribution in [2.45, 2.75) is 4.90 Å². The van der Waals surface area contributed by atoms with Crippen LogP contribution < -0.4 is 0 Å². The molecular weight excluding hydrogens is 170 g/mol. The molecule has 0 aromatic heterocycles. The minimum Gasteiger partial charge on any atom is -0.218 e. The lowest BCUT2D eigenvalue weighted by atomic mass is 10.4. The second kappa shape index (κ2) is 2.11. The smallest absolute Gasteiger partial charge is 0.181 e. The van der Waals surface area contributed by atoms with Crippen LogP contribution in [0, 0.1) is 0 Å². The van der Waals surface area contributed by atoms with Crippen LogP contribution >= 0.6 is 0 Å². The number of rotatable bonds is 1. The van der Waals surface area contributed by atoms with Crippen molar-refractivity contribution in [1.82, 2.24) is 0 Å². The number of halogens is 2. The molecule has 0 aliphatic heterocycles. The van der Waals surface area contributed by atoms with Crippen LogP contribution in [0.15, 0.2) is 35.2 Å². The Morgan fingerprint density at radius 3 is 1.91 bits per heavy atom. The molecule has 0 saturated heterocycles. The van der Waals surface area contributed by atoms with E-state index in [0.29, 0.717) is 6.26 Å². The number of benzene rings is 1. The van der Waals surface area contributed by atoms with Gasteiger partial charge < -0.3 is 0 Å². The molecule has 4 heteroatoms. The Labute approximate surface area is 64.0 Å². The molecule has 1 aromatic carbocycles. The zero-order valence-corrected chi connectivity index (χ0v) is 6.78. The second-order valence-electron chi connectivity index (χ2n) is 2.41. The summed E-state index contributed by atoms with van der Waals surface area (Å²) in [6.45, 7) is 0. The van der Waals surface area contributed by atoms with E-state index >= 15 is 0 Å². The normalized spacial score (nSPS) is 15.4. The molecule has 62 valence electrons. The van der Waals surface area contributed by atoms with Gasteiger partial charge in [-0.2, -0.15) is 0 Å². The highest BCUT2D eigenvalue weighted by molar-refractivity contribution is 8.10. The maximum absolute atomic E-state index is 12.7. The first-order valence-corrected chi connectivity index (χ1v) is 5.17. The highest BCUT2D eigenvalue weighted by Crippen LogP contribution is 2.34. The van der Waals surface area contributed by atoms with E-state index in [1.54, 1.807) is 6.07 Å². The molecule has 0 saturated carbocycles. The van der Waals surface area contributed by atoms with Crippen molar-refractivity contribution >= 4 is 9.84 Å². The van der Waals surface area contributed by atoms with Crippen molar-refractivity contribution in [1.29, 1.82) is 0 Å². The van der Waals surface area contributed by atoms with Crippen molar-refractivity contribution in [3.8, 4) is 0 Å². The summed E-state index contributed by atoms with van der Waals surface area (Å²) in [4.78, 5) is -0.399. The fourth-order valence-corrected chi connectivity index (χ4v) is 1.46. The van der Waals surface area contributed by atoms with Crippen LogP contribution in [-0.2, 0) is 9.84 Å². The van der Waals surface area contributed by atoms with Gasteiger partial charge in [0.15, 0.2) is 9.84 Å². The lowest BCUT2D eigenvalue weighted by Crippen LogP contribution is -2.16. The maximum Gasteiger partial charge on any atom is 0.181 e. The summed E-state index contributed by atoms with van der Waals surface area (Å²) in [5, 5.41) is 0. The average molecular weight is 178 g/mol. The van der Waals surface area contributed by atoms with E-state index in [2.05, 4.69) is 0 Å². The number of hydrogen-bond acceptors (Lipinski definition) is 1. The molecular formula is C7H8F2OS. The van der Waals surface area contributed by atoms with Crippen LogP contribution in [0.1, 0.15) is 0 Å². The predicted octanol–water partition coefficient (Wildman–Crippen LogP) is 2.26. The van der Waals surface area contributed by atoms with E-state index in [-0.39, 0.29) is 0 Å². The van der Waals surface area contributed by atoms with E-state index in [4.69, 9.17) is 0 Å². The summed E-state index contributed by atoms with van der Waals surface area (Å²) in [5.74, 6) is 0. The molecule has 0 fully saturated rings. The Kier molecular flexibility index (Phi) is 1.59. The average Bonchev–Trinajstić information content (AvgIpc) is 1.86. The van der Waals surface area contributed by atoms with Crippen molar-refractivity contribution < 1.29 is 12.0 Å². The van der Waals surface area contributed by atoms with Gasteiger partial charge in [-0.05, 0) is 12.1 Å². The van der Waals surface area contributed by atoms with Gasteiger partial charge in [0, 0.05) is 6.26 Å². The highest BCUT2D eigenvalue weighted by Gasteiger charge is 2.30. The van der Waals surface area contributed by atoms with Crippen molar-refractivity contribution in [3.63, 3.8) is 0 Å². The summed E-state index contributed by atoms with van der Waals surface area (Å²) in [7, 11) is -5.51. The van der Waals surface area contributed by atoms with E-state index in [0.717, 1.165) is 12.1 Å². The largest absolute Gasteiger partial charge is 0.218 e. The van der Waals surface area contributed by atoms with E-state index < -0.39 is 14.7 Å². The number of hydrogen-bond donors (Lipinski definition) is 0. The predicted molar refractivity (Wildman–Crippen MR) is 41.0 cm³/mol. The van der Waals surface area contributed by atoms with E-state index in [1.807, 2.05) is 0 Å². The molecule has 0 heterocycles. The molecule has 0 unspecified atom stereocenters. The topological polar surface area (TPSA) is 17.1 Å². The Balaban J connectivity index is 3.26. The summed E-state index contributed by atoms with van der Waals surface area (Å²) >= 11 is 0. The van der Waals surface area contributed by atoms with Gasteiger partial charge >= 0.3 is 0 Å². The Hall–Kier alpha value is -0.770. The zero-order chi connectivity index (χ0) is 8.56. The molecule has 1 rings (SSSR count). The van der Waals surface area contributed by atoms with Gasteiger partial charge in [-0.3, -0.25) is 0 Å². The highest BCUT2D eigenvalue weighted by atomic mass is 32.3. The third-order valence-corrected chi connectivity index (χ3v) is 2.55. The fraction of sp³-hybridized carbons (Fsp3) is 0.143. The zero-order valence-electron chi connectivity index (χ0n) is 5.96. The SMILES string of the molecule is CS(=O)(F)(F)c1ccccc1. The third kappa shape index (κ3) is 2.08. The summed E-state index contributed by atoms with van der Waals surface area (Å²) < 4.78 is 36.0. The van der Waals surface area contributed by atoms with Gasteiger partial charge in [0.2, 0.25) is 0 Å². The van der Waals surface area contributed by atoms with Crippen LogP contribution in [0.5, 0.6) is 0 Å². The fourth-order valence-electron chi connectivity index (χ4n) is 0.715. The van der Waals surface area contributed by atoms with Gasteiger partial charge in [-0.25, -0.2) is 4.21 Å². The molecule has 0 amide bonds. The first-order chi connectivity index (χ1) is 4.86. The van der Waals surface area contributed by atoms with E-state index in [9.17, 15) is 12.0 Å². The van der Waals surface area contributed by atoms with Crippen LogP contribution in [0.3, 0.4) is 0 Å². The summed E-state index contributed by atoms with van der Waals surface area (Å²) in [5.41, 5.74) is 0. The van der Waals surface area contributed by atoms with Crippen LogP contribution in [0.2, 0.25) is 0 Å². The molecule has 0 bridgehead atoms. The molecule has 1 aromatic rings. The van der Waals surface area contributed by atoms with Gasteiger partial charge in [-0.1, -0.05) is 18.2 Å². The van der Waals surface area contributed by atoms with Gasteiger partial charge in [0.1, 0.15) is 0 Å². The summed E-state index contributed by atoms with van der Waals surface area (Å²) in [6.07, 6.45) is 0.465. The standard InChI is InChI=1S/C7H8F2OS/c1-11(8,9,10)7-5-3-2-4-6-7/h2-6H,1H3. The molecule has 1 nitrogen and oxygen atoms in total. The van der Waals surface area contributed by atoms with Crippen LogP contribution in [0.25, 0.3) is 0 Å². The van der Waals surface area contributed by atoms with Crippen molar-refractivity contribution in [2.75, 3.05) is 6.26 Å². The minimum absolute atomic E-state index is 0.399. The van der Waals surface area contributed by atoms with Gasteiger partial charge in [0.05, 0.1) is 4.90 Å². The monoisotopic (exact) mass is 178 g/mol. The minimum atomic E-state index is -5.51. The third-order valence-electron chi connectivity index (χ3n) is 1.25. The van der Waals surface area contributed by atoms with Crippen LogP contribution in [0.4, 0.5) is 7.77 Å². The molecule has 0 spiro atoms. The molecule has 0 N–H and O–H groups in total. The van der Waals surface area contributed by atoms with Crippen LogP contribution in [-0.4, -0.2) is 10.5 Å².